The van der Waals surface area contributed by atoms with Crippen LogP contribution in [0.5, 0.6) is 0 Å². The van der Waals surface area contributed by atoms with Crippen LogP contribution in [0.2, 0.25) is 0 Å². The molecular formula is C29H25BrFNO7. The van der Waals surface area contributed by atoms with E-state index in [0.29, 0.717) is 19.4 Å². The lowest BCUT2D eigenvalue weighted by atomic mass is 10.1. The molecule has 4 rings (SSSR count). The number of rotatable bonds is 10. The van der Waals surface area contributed by atoms with E-state index in [1.807, 2.05) is 30.3 Å². The maximum atomic E-state index is 13.9. The lowest BCUT2D eigenvalue weighted by molar-refractivity contribution is -0.147. The van der Waals surface area contributed by atoms with E-state index in [0.717, 1.165) is 11.6 Å². The van der Waals surface area contributed by atoms with Gasteiger partial charge in [0.25, 0.3) is 0 Å². The molecule has 0 saturated heterocycles. The van der Waals surface area contributed by atoms with Crippen molar-refractivity contribution in [2.75, 3.05) is 13.2 Å². The van der Waals surface area contributed by atoms with Gasteiger partial charge in [-0.05, 0) is 64.7 Å². The third-order valence-electron chi connectivity index (χ3n) is 6.08. The standard InChI is InChI=1S/C29H25BrFNO7/c1-17(6-5-11-32-29(36)38-15-18-7-3-2-4-8-18)28(35)37-16-24(33)19-9-10-25-20(12-19)27(34)21-13-23(31)22(30)14-26(21)39-25/h2-4,7-10,12-14,17H,5-6,11,15-16H2,1H3,(H,32,36)/t17-/m0/s1. The summed E-state index contributed by atoms with van der Waals surface area (Å²) in [7, 11) is 0. The van der Waals surface area contributed by atoms with Gasteiger partial charge in [0.05, 0.1) is 21.2 Å². The highest BCUT2D eigenvalue weighted by Gasteiger charge is 2.18. The highest BCUT2D eigenvalue weighted by Crippen LogP contribution is 2.25. The number of carbonyl (C=O) groups is 3. The molecule has 0 fully saturated rings. The number of amides is 1. The molecule has 0 aliphatic carbocycles. The zero-order chi connectivity index (χ0) is 27.9. The maximum Gasteiger partial charge on any atom is 0.407 e. The molecule has 4 aromatic rings. The minimum atomic E-state index is -0.610. The summed E-state index contributed by atoms with van der Waals surface area (Å²) in [6.07, 6.45) is 0.397. The van der Waals surface area contributed by atoms with Crippen molar-refractivity contribution in [3.05, 3.63) is 92.3 Å². The number of fused-ring (bicyclic) bond motifs is 2. The van der Waals surface area contributed by atoms with Crippen molar-refractivity contribution in [3.8, 4) is 0 Å². The van der Waals surface area contributed by atoms with Crippen LogP contribution < -0.4 is 10.7 Å². The first-order valence-electron chi connectivity index (χ1n) is 12.2. The summed E-state index contributed by atoms with van der Waals surface area (Å²) in [5.41, 5.74) is 1.01. The van der Waals surface area contributed by atoms with Crippen LogP contribution in [0.15, 0.2) is 74.3 Å². The number of benzene rings is 3. The summed E-state index contributed by atoms with van der Waals surface area (Å²) >= 11 is 3.07. The molecule has 202 valence electrons. The van der Waals surface area contributed by atoms with Gasteiger partial charge in [0.1, 0.15) is 23.6 Å². The molecule has 1 N–H and O–H groups in total. The number of nitrogens with one attached hydrogen (secondary N) is 1. The Morgan fingerprint density at radius 1 is 1.00 bits per heavy atom. The third kappa shape index (κ3) is 7.08. The number of ketones is 1. The Labute approximate surface area is 231 Å². The van der Waals surface area contributed by atoms with Gasteiger partial charge in [-0.15, -0.1) is 0 Å². The first kappa shape index (κ1) is 28.0. The van der Waals surface area contributed by atoms with Crippen LogP contribution in [0.1, 0.15) is 35.7 Å². The summed E-state index contributed by atoms with van der Waals surface area (Å²) in [6.45, 7) is 1.65. The van der Waals surface area contributed by atoms with Crippen LogP contribution in [0.25, 0.3) is 21.9 Å². The monoisotopic (exact) mass is 597 g/mol. The molecule has 3 aromatic carbocycles. The minimum absolute atomic E-state index is 0.0481. The number of hydrogen-bond donors (Lipinski definition) is 1. The molecule has 0 unspecified atom stereocenters. The van der Waals surface area contributed by atoms with Gasteiger partial charge >= 0.3 is 12.1 Å². The Morgan fingerprint density at radius 2 is 1.74 bits per heavy atom. The number of Topliss-reactive ketones (excluding diaryl/α,β-unsaturated/α-hetero) is 1. The summed E-state index contributed by atoms with van der Waals surface area (Å²) in [6, 6.07) is 16.0. The van der Waals surface area contributed by atoms with Gasteiger partial charge in [-0.3, -0.25) is 14.4 Å². The molecule has 1 aromatic heterocycles. The van der Waals surface area contributed by atoms with Crippen LogP contribution >= 0.6 is 15.9 Å². The van der Waals surface area contributed by atoms with E-state index < -0.39 is 41.6 Å². The molecule has 0 aliphatic rings. The Hall–Kier alpha value is -4.05. The second-order valence-corrected chi connectivity index (χ2v) is 9.82. The summed E-state index contributed by atoms with van der Waals surface area (Å²) in [4.78, 5) is 49.7. The first-order chi connectivity index (χ1) is 18.7. The average molecular weight is 598 g/mol. The van der Waals surface area contributed by atoms with Gasteiger partial charge in [0.15, 0.2) is 12.4 Å². The highest BCUT2D eigenvalue weighted by molar-refractivity contribution is 9.10. The van der Waals surface area contributed by atoms with Crippen molar-refractivity contribution in [1.29, 1.82) is 0 Å². The summed E-state index contributed by atoms with van der Waals surface area (Å²) in [5, 5.41) is 2.79. The fraction of sp³-hybridized carbons (Fsp3) is 0.241. The van der Waals surface area contributed by atoms with E-state index in [2.05, 4.69) is 21.2 Å². The number of halogens is 2. The Bertz CT molecular complexity index is 1590. The number of carbonyl (C=O) groups excluding carboxylic acids is 3. The predicted octanol–water partition coefficient (Wildman–Crippen LogP) is 5.92. The van der Waals surface area contributed by atoms with Crippen LogP contribution in [0.3, 0.4) is 0 Å². The topological polar surface area (TPSA) is 112 Å². The molecule has 1 atom stereocenters. The van der Waals surface area contributed by atoms with Crippen LogP contribution in [-0.2, 0) is 20.9 Å². The molecular weight excluding hydrogens is 573 g/mol. The smallest absolute Gasteiger partial charge is 0.407 e. The van der Waals surface area contributed by atoms with Crippen molar-refractivity contribution in [2.45, 2.75) is 26.4 Å². The highest BCUT2D eigenvalue weighted by atomic mass is 79.9. The van der Waals surface area contributed by atoms with E-state index in [1.54, 1.807) is 6.92 Å². The number of alkyl carbamates (subject to hydrolysis) is 1. The Kier molecular flexibility index (Phi) is 9.08. The van der Waals surface area contributed by atoms with Gasteiger partial charge in [0, 0.05) is 12.1 Å². The van der Waals surface area contributed by atoms with Crippen molar-refractivity contribution in [1.82, 2.24) is 5.32 Å². The molecule has 0 radical (unpaired) electrons. The van der Waals surface area contributed by atoms with Crippen LogP contribution in [0.4, 0.5) is 9.18 Å². The first-order valence-corrected chi connectivity index (χ1v) is 13.0. The van der Waals surface area contributed by atoms with Crippen LogP contribution in [0, 0.1) is 11.7 Å². The summed E-state index contributed by atoms with van der Waals surface area (Å²) in [5.74, 6) is -2.16. The molecule has 1 heterocycles. The van der Waals surface area contributed by atoms with E-state index in [9.17, 15) is 23.6 Å². The van der Waals surface area contributed by atoms with Crippen molar-refractivity contribution in [3.63, 3.8) is 0 Å². The van der Waals surface area contributed by atoms with E-state index in [4.69, 9.17) is 13.9 Å². The summed E-state index contributed by atoms with van der Waals surface area (Å²) < 4.78 is 30.1. The van der Waals surface area contributed by atoms with Gasteiger partial charge in [0.2, 0.25) is 5.43 Å². The zero-order valence-electron chi connectivity index (χ0n) is 21.0. The Balaban J connectivity index is 1.25. The fourth-order valence-electron chi connectivity index (χ4n) is 3.88. The molecule has 1 amide bonds. The quantitative estimate of drug-likeness (QED) is 0.104. The van der Waals surface area contributed by atoms with Crippen molar-refractivity contribution < 1.29 is 32.7 Å². The lowest BCUT2D eigenvalue weighted by Gasteiger charge is -2.12. The number of hydrogen-bond acceptors (Lipinski definition) is 7. The van der Waals surface area contributed by atoms with Gasteiger partial charge in [-0.1, -0.05) is 37.3 Å². The molecule has 8 nitrogen and oxygen atoms in total. The molecule has 0 saturated carbocycles. The third-order valence-corrected chi connectivity index (χ3v) is 6.68. The van der Waals surface area contributed by atoms with Gasteiger partial charge < -0.3 is 19.2 Å². The van der Waals surface area contributed by atoms with Crippen molar-refractivity contribution in [2.24, 2.45) is 5.92 Å². The van der Waals surface area contributed by atoms with E-state index in [-0.39, 0.29) is 38.6 Å². The van der Waals surface area contributed by atoms with E-state index >= 15 is 0 Å². The predicted molar refractivity (Wildman–Crippen MR) is 146 cm³/mol. The normalized spacial score (nSPS) is 11.8. The molecule has 0 bridgehead atoms. The molecule has 10 heteroatoms. The SMILES string of the molecule is C[C@@H](CCCNC(=O)OCc1ccccc1)C(=O)OCC(=O)c1ccc2oc3cc(Br)c(F)cc3c(=O)c2c1. The van der Waals surface area contributed by atoms with Gasteiger partial charge in [-0.25, -0.2) is 9.18 Å². The second-order valence-electron chi connectivity index (χ2n) is 8.97. The van der Waals surface area contributed by atoms with Gasteiger partial charge in [-0.2, -0.15) is 0 Å². The molecule has 0 spiro atoms. The van der Waals surface area contributed by atoms with Crippen LogP contribution in [-0.4, -0.2) is 31.0 Å². The Morgan fingerprint density at radius 3 is 2.51 bits per heavy atom. The number of ether oxygens (including phenoxy) is 2. The maximum absolute atomic E-state index is 13.9. The van der Waals surface area contributed by atoms with Crippen molar-refractivity contribution >= 4 is 55.7 Å². The number of esters is 1. The fourth-order valence-corrected chi connectivity index (χ4v) is 4.20. The van der Waals surface area contributed by atoms with E-state index in [1.165, 1.54) is 24.3 Å². The zero-order valence-corrected chi connectivity index (χ0v) is 22.6. The lowest BCUT2D eigenvalue weighted by Crippen LogP contribution is -2.26. The molecule has 0 aliphatic heterocycles. The largest absolute Gasteiger partial charge is 0.457 e. The second kappa shape index (κ2) is 12.7. The molecule has 39 heavy (non-hydrogen) atoms. The minimum Gasteiger partial charge on any atom is -0.457 e. The average Bonchev–Trinajstić information content (AvgIpc) is 2.94.